The Hall–Kier alpha value is -1.29. The molecule has 1 fully saturated rings. The van der Waals surface area contributed by atoms with E-state index in [-0.39, 0.29) is 52.1 Å². The minimum Gasteiger partial charge on any atom is -0.489 e. The zero-order chi connectivity index (χ0) is 16.0. The second kappa shape index (κ2) is 5.73. The predicted octanol–water partition coefficient (Wildman–Crippen LogP) is 2.28. The number of carboxylic acid groups (broad SMARTS) is 1. The molecular formula is C13H11ClFIN2O4. The third-order valence-electron chi connectivity index (χ3n) is 3.78. The predicted molar refractivity (Wildman–Crippen MR) is 84.0 cm³/mol. The Kier molecular flexibility index (Phi) is 4.06. The molecule has 0 aliphatic carbocycles. The number of rotatable bonds is 0. The molecule has 0 unspecified atom stereocenters. The minimum absolute atomic E-state index is 0.0684. The first-order valence-corrected chi connectivity index (χ1v) is 7.95. The first-order valence-electron chi connectivity index (χ1n) is 6.49. The van der Waals surface area contributed by atoms with Gasteiger partial charge in [-0.15, -0.1) is 0 Å². The van der Waals surface area contributed by atoms with Crippen molar-refractivity contribution in [3.05, 3.63) is 26.0 Å². The fourth-order valence-corrected chi connectivity index (χ4v) is 3.30. The molecule has 0 aromatic heterocycles. The Bertz CT molecular complexity index is 672. The summed E-state index contributed by atoms with van der Waals surface area (Å²) in [7, 11) is 0. The van der Waals surface area contributed by atoms with E-state index in [0.29, 0.717) is 0 Å². The Labute approximate surface area is 143 Å². The summed E-state index contributed by atoms with van der Waals surface area (Å²) in [6.07, 6.45) is -1.03. The Morgan fingerprint density at radius 3 is 2.91 bits per heavy atom. The largest absolute Gasteiger partial charge is 0.489 e. The molecule has 22 heavy (non-hydrogen) atoms. The summed E-state index contributed by atoms with van der Waals surface area (Å²) >= 11 is 7.83. The van der Waals surface area contributed by atoms with Crippen molar-refractivity contribution in [2.24, 2.45) is 0 Å². The summed E-state index contributed by atoms with van der Waals surface area (Å²) in [5.41, 5.74) is 0.0780. The van der Waals surface area contributed by atoms with Crippen molar-refractivity contribution in [1.82, 2.24) is 9.80 Å². The lowest BCUT2D eigenvalue weighted by Gasteiger charge is -2.38. The topological polar surface area (TPSA) is 70.1 Å². The summed E-state index contributed by atoms with van der Waals surface area (Å²) in [6.45, 7) is 0.730. The fraction of sp³-hybridized carbons (Fsp3) is 0.385. The van der Waals surface area contributed by atoms with E-state index in [2.05, 4.69) is 0 Å². The number of nitrogens with zero attached hydrogens (tertiary/aromatic N) is 2. The molecule has 0 spiro atoms. The smallest absolute Gasteiger partial charge is 0.407 e. The lowest BCUT2D eigenvalue weighted by molar-refractivity contribution is 0.0390. The number of carbonyl (C=O) groups excluding carboxylic acids is 1. The molecule has 1 N–H and O–H groups in total. The van der Waals surface area contributed by atoms with Crippen LogP contribution >= 0.6 is 34.2 Å². The van der Waals surface area contributed by atoms with Gasteiger partial charge >= 0.3 is 6.09 Å². The van der Waals surface area contributed by atoms with E-state index in [4.69, 9.17) is 21.4 Å². The zero-order valence-electron chi connectivity index (χ0n) is 11.2. The van der Waals surface area contributed by atoms with Crippen LogP contribution in [0.5, 0.6) is 5.75 Å². The van der Waals surface area contributed by atoms with Gasteiger partial charge in [-0.25, -0.2) is 9.18 Å². The summed E-state index contributed by atoms with van der Waals surface area (Å²) in [5, 5.41) is 9.13. The summed E-state index contributed by atoms with van der Waals surface area (Å²) < 4.78 is 19.7. The number of benzene rings is 1. The number of piperazine rings is 1. The number of ether oxygens (including phenoxy) is 1. The molecule has 1 atom stereocenters. The maximum absolute atomic E-state index is 13.9. The van der Waals surface area contributed by atoms with Gasteiger partial charge < -0.3 is 19.6 Å². The van der Waals surface area contributed by atoms with E-state index in [1.54, 1.807) is 22.6 Å². The van der Waals surface area contributed by atoms with Crippen LogP contribution in [0, 0.1) is 9.39 Å². The third-order valence-corrected chi connectivity index (χ3v) is 5.52. The first kappa shape index (κ1) is 15.6. The number of fused-ring (bicyclic) bond motifs is 2. The van der Waals surface area contributed by atoms with Crippen LogP contribution in [0.25, 0.3) is 0 Å². The lowest BCUT2D eigenvalue weighted by atomic mass is 10.1. The molecule has 0 saturated carbocycles. The van der Waals surface area contributed by atoms with Crippen molar-refractivity contribution in [1.29, 1.82) is 0 Å². The van der Waals surface area contributed by atoms with Gasteiger partial charge in [-0.2, -0.15) is 0 Å². The Morgan fingerprint density at radius 1 is 1.50 bits per heavy atom. The number of hydrogen-bond donors (Lipinski definition) is 1. The summed E-state index contributed by atoms with van der Waals surface area (Å²) in [4.78, 5) is 26.4. The lowest BCUT2D eigenvalue weighted by Crippen LogP contribution is -2.57. The van der Waals surface area contributed by atoms with E-state index in [0.717, 1.165) is 6.07 Å². The third kappa shape index (κ3) is 2.47. The van der Waals surface area contributed by atoms with Gasteiger partial charge in [0, 0.05) is 19.6 Å². The second-order valence-electron chi connectivity index (χ2n) is 5.06. The number of hydrogen-bond acceptors (Lipinski definition) is 3. The molecule has 2 aliphatic rings. The summed E-state index contributed by atoms with van der Waals surface area (Å²) in [6, 6.07) is 0.707. The van der Waals surface area contributed by atoms with E-state index >= 15 is 0 Å². The number of carbonyl (C=O) groups is 2. The van der Waals surface area contributed by atoms with Crippen LogP contribution in [0.2, 0.25) is 5.02 Å². The molecule has 9 heteroatoms. The average Bonchev–Trinajstić information content (AvgIpc) is 2.63. The molecule has 1 aromatic carbocycles. The highest BCUT2D eigenvalue weighted by Gasteiger charge is 2.38. The van der Waals surface area contributed by atoms with E-state index in [9.17, 15) is 14.0 Å². The SMILES string of the molecule is O=C(O)N1CCN2C(=O)c3cc(F)c(I)c(Cl)c3OC[C@H]2C1. The molecule has 1 aromatic rings. The van der Waals surface area contributed by atoms with Crippen LogP contribution in [0.15, 0.2) is 6.07 Å². The highest BCUT2D eigenvalue weighted by molar-refractivity contribution is 14.1. The van der Waals surface area contributed by atoms with Crippen molar-refractivity contribution in [2.75, 3.05) is 26.2 Å². The van der Waals surface area contributed by atoms with Gasteiger partial charge in [-0.3, -0.25) is 4.79 Å². The van der Waals surface area contributed by atoms with Crippen molar-refractivity contribution >= 4 is 46.2 Å². The highest BCUT2D eigenvalue weighted by atomic mass is 127. The van der Waals surface area contributed by atoms with Gasteiger partial charge in [0.15, 0.2) is 5.75 Å². The van der Waals surface area contributed by atoms with E-state index < -0.39 is 18.0 Å². The van der Waals surface area contributed by atoms with Crippen molar-refractivity contribution in [3.8, 4) is 5.75 Å². The molecular weight excluding hydrogens is 430 g/mol. The van der Waals surface area contributed by atoms with E-state index in [1.807, 2.05) is 0 Å². The van der Waals surface area contributed by atoms with Gasteiger partial charge in [-0.1, -0.05) is 11.6 Å². The molecule has 1 saturated heterocycles. The second-order valence-corrected chi connectivity index (χ2v) is 6.51. The molecule has 2 heterocycles. The van der Waals surface area contributed by atoms with Crippen molar-refractivity contribution in [2.45, 2.75) is 6.04 Å². The van der Waals surface area contributed by atoms with Gasteiger partial charge in [0.25, 0.3) is 5.91 Å². The molecule has 0 radical (unpaired) electrons. The fourth-order valence-electron chi connectivity index (χ4n) is 2.65. The molecule has 3 rings (SSSR count). The van der Waals surface area contributed by atoms with Gasteiger partial charge in [0.2, 0.25) is 0 Å². The van der Waals surface area contributed by atoms with Crippen LogP contribution < -0.4 is 4.74 Å². The molecule has 6 nitrogen and oxygen atoms in total. The highest BCUT2D eigenvalue weighted by Crippen LogP contribution is 2.38. The Balaban J connectivity index is 1.98. The average molecular weight is 441 g/mol. The monoisotopic (exact) mass is 440 g/mol. The normalized spacial score (nSPS) is 20.9. The molecule has 118 valence electrons. The maximum Gasteiger partial charge on any atom is 0.407 e. The van der Waals surface area contributed by atoms with Gasteiger partial charge in [-0.05, 0) is 28.7 Å². The van der Waals surface area contributed by atoms with Gasteiger partial charge in [0.1, 0.15) is 12.4 Å². The molecule has 0 bridgehead atoms. The zero-order valence-corrected chi connectivity index (χ0v) is 14.1. The Morgan fingerprint density at radius 2 is 2.23 bits per heavy atom. The van der Waals surface area contributed by atoms with Crippen LogP contribution in [0.4, 0.5) is 9.18 Å². The van der Waals surface area contributed by atoms with Crippen molar-refractivity contribution < 1.29 is 23.8 Å². The van der Waals surface area contributed by atoms with Crippen LogP contribution in [-0.2, 0) is 0 Å². The molecule has 2 aliphatic heterocycles. The molecule has 2 amide bonds. The van der Waals surface area contributed by atoms with Gasteiger partial charge in [0.05, 0.1) is 20.2 Å². The summed E-state index contributed by atoms with van der Waals surface area (Å²) in [5.74, 6) is -0.808. The van der Waals surface area contributed by atoms with E-state index in [1.165, 1.54) is 9.80 Å². The van der Waals surface area contributed by atoms with Crippen molar-refractivity contribution in [3.63, 3.8) is 0 Å². The van der Waals surface area contributed by atoms with Crippen LogP contribution in [0.3, 0.4) is 0 Å². The van der Waals surface area contributed by atoms with Crippen LogP contribution in [-0.4, -0.2) is 59.2 Å². The maximum atomic E-state index is 13.9. The number of amides is 2. The quantitative estimate of drug-likeness (QED) is 0.496. The van der Waals surface area contributed by atoms with Crippen LogP contribution in [0.1, 0.15) is 10.4 Å². The number of halogens is 3. The minimum atomic E-state index is -1.03. The first-order chi connectivity index (χ1) is 10.4. The standard InChI is InChI=1S/C13H11ClFIN2O4/c14-9-10(16)8(15)3-7-11(9)22-5-6-4-17(13(20)21)1-2-18(6)12(7)19/h3,6H,1-2,4-5H2,(H,20,21)/t6-/m1/s1.